The topological polar surface area (TPSA) is 61.4 Å². The molecule has 2 fully saturated rings. The zero-order valence-electron chi connectivity index (χ0n) is 14.9. The number of amides is 1. The van der Waals surface area contributed by atoms with Gasteiger partial charge in [0, 0.05) is 44.2 Å². The summed E-state index contributed by atoms with van der Waals surface area (Å²) in [6.45, 7) is 7.97. The highest BCUT2D eigenvalue weighted by molar-refractivity contribution is 5.79. The zero-order valence-corrected chi connectivity index (χ0v) is 14.9. The molecule has 1 N–H and O–H groups in total. The standard InChI is InChI=1S/C18H29N5O/c1-14(2)21-18(24)15-6-10-23(11-7-15)17-12-16(19-13-20-17)22-8-4-3-5-9-22/h12-15H,3-11H2,1-2H3,(H,21,24). The summed E-state index contributed by atoms with van der Waals surface area (Å²) in [6.07, 6.45) is 7.27. The van der Waals surface area contributed by atoms with Gasteiger partial charge in [-0.25, -0.2) is 9.97 Å². The van der Waals surface area contributed by atoms with Crippen molar-refractivity contribution in [2.45, 2.75) is 52.0 Å². The van der Waals surface area contributed by atoms with Gasteiger partial charge in [-0.3, -0.25) is 4.79 Å². The molecule has 6 nitrogen and oxygen atoms in total. The normalized spacial score (nSPS) is 19.6. The molecule has 0 spiro atoms. The van der Waals surface area contributed by atoms with Gasteiger partial charge in [-0.15, -0.1) is 0 Å². The lowest BCUT2D eigenvalue weighted by atomic mass is 9.95. The predicted octanol–water partition coefficient (Wildman–Crippen LogP) is 2.21. The summed E-state index contributed by atoms with van der Waals surface area (Å²) >= 11 is 0. The lowest BCUT2D eigenvalue weighted by Gasteiger charge is -2.33. The lowest BCUT2D eigenvalue weighted by Crippen LogP contribution is -2.42. The summed E-state index contributed by atoms with van der Waals surface area (Å²) in [5.41, 5.74) is 0. The molecule has 2 aliphatic heterocycles. The van der Waals surface area contributed by atoms with Gasteiger partial charge in [-0.05, 0) is 46.0 Å². The van der Waals surface area contributed by atoms with Crippen LogP contribution in [0.1, 0.15) is 46.0 Å². The van der Waals surface area contributed by atoms with Crippen LogP contribution in [0.4, 0.5) is 11.6 Å². The fourth-order valence-corrected chi connectivity index (χ4v) is 3.58. The number of anilines is 2. The zero-order chi connectivity index (χ0) is 16.9. The van der Waals surface area contributed by atoms with Crippen molar-refractivity contribution in [3.8, 4) is 0 Å². The first-order chi connectivity index (χ1) is 11.6. The molecule has 0 aromatic carbocycles. The van der Waals surface area contributed by atoms with E-state index < -0.39 is 0 Å². The van der Waals surface area contributed by atoms with Gasteiger partial charge in [-0.2, -0.15) is 0 Å². The molecule has 0 atom stereocenters. The summed E-state index contributed by atoms with van der Waals surface area (Å²) in [7, 11) is 0. The molecule has 0 unspecified atom stereocenters. The third-order valence-corrected chi connectivity index (χ3v) is 4.94. The van der Waals surface area contributed by atoms with Crippen LogP contribution in [-0.4, -0.2) is 48.1 Å². The lowest BCUT2D eigenvalue weighted by molar-refractivity contribution is -0.126. The minimum Gasteiger partial charge on any atom is -0.356 e. The SMILES string of the molecule is CC(C)NC(=O)C1CCN(c2cc(N3CCCCC3)ncn2)CC1. The summed E-state index contributed by atoms with van der Waals surface area (Å²) in [4.78, 5) is 25.7. The second-order valence-corrected chi connectivity index (χ2v) is 7.21. The fraction of sp³-hybridized carbons (Fsp3) is 0.722. The number of carbonyl (C=O) groups excluding carboxylic acids is 1. The minimum atomic E-state index is 0.132. The van der Waals surface area contributed by atoms with Crippen molar-refractivity contribution in [1.29, 1.82) is 0 Å². The molecular weight excluding hydrogens is 302 g/mol. The van der Waals surface area contributed by atoms with E-state index in [1.54, 1.807) is 6.33 Å². The maximum absolute atomic E-state index is 12.2. The number of rotatable bonds is 4. The first-order valence-electron chi connectivity index (χ1n) is 9.26. The molecule has 0 radical (unpaired) electrons. The smallest absolute Gasteiger partial charge is 0.223 e. The maximum Gasteiger partial charge on any atom is 0.223 e. The predicted molar refractivity (Wildman–Crippen MR) is 96.3 cm³/mol. The van der Waals surface area contributed by atoms with Crippen molar-refractivity contribution in [3.05, 3.63) is 12.4 Å². The highest BCUT2D eigenvalue weighted by atomic mass is 16.1. The molecule has 2 saturated heterocycles. The van der Waals surface area contributed by atoms with E-state index in [1.165, 1.54) is 19.3 Å². The molecule has 24 heavy (non-hydrogen) atoms. The van der Waals surface area contributed by atoms with Crippen molar-refractivity contribution in [2.24, 2.45) is 5.92 Å². The Bertz CT molecular complexity index is 548. The number of hydrogen-bond acceptors (Lipinski definition) is 5. The average molecular weight is 331 g/mol. The third kappa shape index (κ3) is 4.16. The number of carbonyl (C=O) groups is 1. The van der Waals surface area contributed by atoms with E-state index >= 15 is 0 Å². The average Bonchev–Trinajstić information content (AvgIpc) is 2.62. The molecule has 0 bridgehead atoms. The van der Waals surface area contributed by atoms with Crippen LogP contribution < -0.4 is 15.1 Å². The Morgan fingerprint density at radius 1 is 1.04 bits per heavy atom. The van der Waals surface area contributed by atoms with Gasteiger partial charge in [0.05, 0.1) is 0 Å². The van der Waals surface area contributed by atoms with Gasteiger partial charge in [0.2, 0.25) is 5.91 Å². The Hall–Kier alpha value is -1.85. The second-order valence-electron chi connectivity index (χ2n) is 7.21. The molecule has 0 aliphatic carbocycles. The summed E-state index contributed by atoms with van der Waals surface area (Å²) in [5, 5.41) is 3.03. The Kier molecular flexibility index (Phi) is 5.53. The number of hydrogen-bond donors (Lipinski definition) is 1. The molecule has 3 heterocycles. The van der Waals surface area contributed by atoms with Gasteiger partial charge in [0.25, 0.3) is 0 Å². The molecule has 1 aromatic heterocycles. The number of nitrogens with zero attached hydrogens (tertiary/aromatic N) is 4. The van der Waals surface area contributed by atoms with E-state index in [2.05, 4.69) is 31.2 Å². The van der Waals surface area contributed by atoms with Crippen LogP contribution in [-0.2, 0) is 4.79 Å². The van der Waals surface area contributed by atoms with Gasteiger partial charge in [0.1, 0.15) is 18.0 Å². The Morgan fingerprint density at radius 3 is 2.21 bits per heavy atom. The largest absolute Gasteiger partial charge is 0.356 e. The van der Waals surface area contributed by atoms with Crippen LogP contribution in [0.15, 0.2) is 12.4 Å². The highest BCUT2D eigenvalue weighted by Gasteiger charge is 2.26. The summed E-state index contributed by atoms with van der Waals surface area (Å²) in [5.74, 6) is 2.36. The van der Waals surface area contributed by atoms with E-state index in [4.69, 9.17) is 0 Å². The van der Waals surface area contributed by atoms with Crippen LogP contribution in [0.2, 0.25) is 0 Å². The molecule has 6 heteroatoms. The van der Waals surface area contributed by atoms with E-state index in [-0.39, 0.29) is 17.9 Å². The Balaban J connectivity index is 1.59. The van der Waals surface area contributed by atoms with Gasteiger partial charge in [-0.1, -0.05) is 0 Å². The van der Waals surface area contributed by atoms with E-state index in [0.29, 0.717) is 0 Å². The maximum atomic E-state index is 12.2. The number of nitrogens with one attached hydrogen (secondary N) is 1. The van der Waals surface area contributed by atoms with Crippen LogP contribution >= 0.6 is 0 Å². The van der Waals surface area contributed by atoms with Crippen LogP contribution in [0.25, 0.3) is 0 Å². The van der Waals surface area contributed by atoms with Crippen molar-refractivity contribution in [2.75, 3.05) is 36.0 Å². The van der Waals surface area contributed by atoms with Gasteiger partial charge in [0.15, 0.2) is 0 Å². The summed E-state index contributed by atoms with van der Waals surface area (Å²) < 4.78 is 0. The molecule has 1 aromatic rings. The Labute approximate surface area is 144 Å². The van der Waals surface area contributed by atoms with Crippen LogP contribution in [0.3, 0.4) is 0 Å². The van der Waals surface area contributed by atoms with E-state index in [1.807, 2.05) is 13.8 Å². The van der Waals surface area contributed by atoms with Crippen molar-refractivity contribution < 1.29 is 4.79 Å². The minimum absolute atomic E-state index is 0.132. The van der Waals surface area contributed by atoms with E-state index in [0.717, 1.165) is 50.7 Å². The molecule has 2 aliphatic rings. The quantitative estimate of drug-likeness (QED) is 0.916. The van der Waals surface area contributed by atoms with Crippen molar-refractivity contribution in [1.82, 2.24) is 15.3 Å². The first kappa shape index (κ1) is 17.0. The monoisotopic (exact) mass is 331 g/mol. The third-order valence-electron chi connectivity index (χ3n) is 4.94. The van der Waals surface area contributed by atoms with E-state index in [9.17, 15) is 4.79 Å². The fourth-order valence-electron chi connectivity index (χ4n) is 3.58. The molecular formula is C18H29N5O. The molecule has 0 saturated carbocycles. The van der Waals surface area contributed by atoms with Crippen LogP contribution in [0.5, 0.6) is 0 Å². The molecule has 1 amide bonds. The second kappa shape index (κ2) is 7.81. The van der Waals surface area contributed by atoms with Gasteiger partial charge < -0.3 is 15.1 Å². The first-order valence-corrected chi connectivity index (χ1v) is 9.26. The van der Waals surface area contributed by atoms with Crippen LogP contribution in [0, 0.1) is 5.92 Å². The highest BCUT2D eigenvalue weighted by Crippen LogP contribution is 2.25. The number of piperidine rings is 2. The summed E-state index contributed by atoms with van der Waals surface area (Å²) in [6, 6.07) is 2.32. The van der Waals surface area contributed by atoms with Crippen molar-refractivity contribution in [3.63, 3.8) is 0 Å². The Morgan fingerprint density at radius 2 is 1.62 bits per heavy atom. The molecule has 3 rings (SSSR count). The number of aromatic nitrogens is 2. The van der Waals surface area contributed by atoms with Crippen molar-refractivity contribution >= 4 is 17.5 Å². The van der Waals surface area contributed by atoms with Gasteiger partial charge >= 0.3 is 0 Å². The molecule has 132 valence electrons.